The predicted octanol–water partition coefficient (Wildman–Crippen LogP) is 3.61. The van der Waals surface area contributed by atoms with Crippen LogP contribution in [0.15, 0.2) is 51.1 Å². The Kier molecular flexibility index (Phi) is 6.70. The van der Waals surface area contributed by atoms with Gasteiger partial charge in [-0.25, -0.2) is 13.1 Å². The average Bonchev–Trinajstić information content (AvgIpc) is 3.44. The van der Waals surface area contributed by atoms with Gasteiger partial charge in [0.1, 0.15) is 0 Å². The molecule has 0 radical (unpaired) electrons. The Labute approximate surface area is 190 Å². The van der Waals surface area contributed by atoms with Crippen LogP contribution >= 0.6 is 23.6 Å². The van der Waals surface area contributed by atoms with E-state index in [0.29, 0.717) is 44.4 Å². The first kappa shape index (κ1) is 22.3. The second-order valence-corrected chi connectivity index (χ2v) is 10.6. The first-order valence-electron chi connectivity index (χ1n) is 9.86. The molecule has 2 aromatic heterocycles. The largest absolute Gasteiger partial charge is 0.409 e. The summed E-state index contributed by atoms with van der Waals surface area (Å²) in [6.07, 6.45) is 0. The molecule has 1 atom stereocenters. The van der Waals surface area contributed by atoms with E-state index in [1.54, 1.807) is 40.3 Å². The minimum Gasteiger partial charge on any atom is -0.409 e. The van der Waals surface area contributed by atoms with Crippen LogP contribution in [0.5, 0.6) is 0 Å². The number of benzene rings is 1. The lowest BCUT2D eigenvalue weighted by Crippen LogP contribution is -2.40. The number of ether oxygens (including phenoxy) is 1. The summed E-state index contributed by atoms with van der Waals surface area (Å²) < 4.78 is 39.9. The molecule has 3 heterocycles. The molecule has 0 unspecified atom stereocenters. The van der Waals surface area contributed by atoms with Crippen LogP contribution in [-0.2, 0) is 21.4 Å². The second-order valence-electron chi connectivity index (χ2n) is 7.31. The van der Waals surface area contributed by atoms with Crippen molar-refractivity contribution in [3.63, 3.8) is 0 Å². The van der Waals surface area contributed by atoms with Crippen LogP contribution in [0, 0.1) is 4.84 Å². The number of sulfonamides is 1. The van der Waals surface area contributed by atoms with Crippen LogP contribution in [0.25, 0.3) is 11.5 Å². The van der Waals surface area contributed by atoms with Crippen molar-refractivity contribution in [1.82, 2.24) is 19.0 Å². The van der Waals surface area contributed by atoms with Crippen molar-refractivity contribution in [2.45, 2.75) is 24.5 Å². The van der Waals surface area contributed by atoms with Crippen molar-refractivity contribution in [3.05, 3.63) is 51.5 Å². The van der Waals surface area contributed by atoms with Crippen molar-refractivity contribution in [2.24, 2.45) is 0 Å². The van der Waals surface area contributed by atoms with Gasteiger partial charge >= 0.3 is 0 Å². The molecule has 1 aliphatic heterocycles. The third-order valence-electron chi connectivity index (χ3n) is 5.27. The number of aromatic nitrogens is 2. The minimum atomic E-state index is -3.61. The number of hydrogen-bond donors (Lipinski definition) is 0. The lowest BCUT2D eigenvalue weighted by molar-refractivity contribution is 0.0730. The topological polar surface area (TPSA) is 80.8 Å². The van der Waals surface area contributed by atoms with Crippen molar-refractivity contribution in [3.8, 4) is 11.5 Å². The van der Waals surface area contributed by atoms with E-state index in [9.17, 15) is 8.42 Å². The fourth-order valence-electron chi connectivity index (χ4n) is 3.32. The monoisotopic (exact) mass is 480 g/mol. The van der Waals surface area contributed by atoms with E-state index < -0.39 is 10.0 Å². The summed E-state index contributed by atoms with van der Waals surface area (Å²) in [6, 6.07) is 10.9. The van der Waals surface area contributed by atoms with Crippen LogP contribution in [-0.4, -0.2) is 60.8 Å². The molecule has 1 saturated heterocycles. The number of morpholine rings is 1. The SMILES string of the molecule is C[C@H](c1cccs1)N(C)Cn1nc(-c2cccc(S(=O)(=O)N3CCOCC3)c2)oc1=S. The quantitative estimate of drug-likeness (QED) is 0.478. The van der Waals surface area contributed by atoms with Gasteiger partial charge in [-0.2, -0.15) is 4.31 Å². The normalized spacial score (nSPS) is 16.6. The van der Waals surface area contributed by atoms with Gasteiger partial charge in [0, 0.05) is 29.6 Å². The van der Waals surface area contributed by atoms with Gasteiger partial charge in [-0.1, -0.05) is 12.1 Å². The highest BCUT2D eigenvalue weighted by Crippen LogP contribution is 2.26. The third-order valence-corrected chi connectivity index (χ3v) is 8.50. The molecule has 0 bridgehead atoms. The highest BCUT2D eigenvalue weighted by Gasteiger charge is 2.27. The highest BCUT2D eigenvalue weighted by atomic mass is 32.2. The lowest BCUT2D eigenvalue weighted by atomic mass is 10.2. The molecule has 1 aliphatic rings. The van der Waals surface area contributed by atoms with Crippen molar-refractivity contribution >= 4 is 33.6 Å². The molecule has 31 heavy (non-hydrogen) atoms. The third kappa shape index (κ3) is 4.81. The van der Waals surface area contributed by atoms with E-state index in [-0.39, 0.29) is 15.8 Å². The van der Waals surface area contributed by atoms with Crippen molar-refractivity contribution in [1.29, 1.82) is 0 Å². The molecule has 3 aromatic rings. The van der Waals surface area contributed by atoms with Gasteiger partial charge in [-0.15, -0.1) is 16.4 Å². The first-order chi connectivity index (χ1) is 14.9. The molecule has 1 fully saturated rings. The van der Waals surface area contributed by atoms with E-state index in [1.165, 1.54) is 9.18 Å². The molecule has 11 heteroatoms. The van der Waals surface area contributed by atoms with Crippen LogP contribution < -0.4 is 0 Å². The first-order valence-corrected chi connectivity index (χ1v) is 12.6. The van der Waals surface area contributed by atoms with Crippen LogP contribution in [0.2, 0.25) is 0 Å². The minimum absolute atomic E-state index is 0.198. The zero-order valence-corrected chi connectivity index (χ0v) is 19.8. The molecule has 8 nitrogen and oxygen atoms in total. The van der Waals surface area contributed by atoms with Gasteiger partial charge in [-0.3, -0.25) is 4.90 Å². The maximum absolute atomic E-state index is 13.0. The Morgan fingerprint density at radius 1 is 1.26 bits per heavy atom. The average molecular weight is 481 g/mol. The van der Waals surface area contributed by atoms with Crippen LogP contribution in [0.3, 0.4) is 0 Å². The number of nitrogens with zero attached hydrogens (tertiary/aromatic N) is 4. The summed E-state index contributed by atoms with van der Waals surface area (Å²) in [7, 11) is -1.61. The van der Waals surface area contributed by atoms with Gasteiger partial charge in [0.25, 0.3) is 4.84 Å². The summed E-state index contributed by atoms with van der Waals surface area (Å²) in [5.41, 5.74) is 0.563. The Hall–Kier alpha value is -1.89. The molecule has 0 saturated carbocycles. The van der Waals surface area contributed by atoms with Crippen LogP contribution in [0.1, 0.15) is 17.8 Å². The van der Waals surface area contributed by atoms with E-state index in [4.69, 9.17) is 21.4 Å². The summed E-state index contributed by atoms with van der Waals surface area (Å²) >= 11 is 7.06. The molecular weight excluding hydrogens is 456 g/mol. The lowest BCUT2D eigenvalue weighted by Gasteiger charge is -2.26. The second kappa shape index (κ2) is 9.31. The molecule has 0 N–H and O–H groups in total. The smallest absolute Gasteiger partial charge is 0.288 e. The number of thiophene rings is 1. The summed E-state index contributed by atoms with van der Waals surface area (Å²) in [6.45, 7) is 4.06. The van der Waals surface area contributed by atoms with Gasteiger partial charge in [0.15, 0.2) is 0 Å². The molecule has 4 rings (SSSR count). The maximum Gasteiger partial charge on any atom is 0.288 e. The Bertz CT molecular complexity index is 1180. The standard InChI is InChI=1S/C20H24N4O4S3/c1-15(18-7-4-12-30-18)22(2)14-24-20(29)28-19(21-24)16-5-3-6-17(13-16)31(25,26)23-8-10-27-11-9-23/h3-7,12-13,15H,8-11,14H2,1-2H3/t15-/m1/s1. The van der Waals surface area contributed by atoms with E-state index in [2.05, 4.69) is 28.4 Å². The van der Waals surface area contributed by atoms with Gasteiger partial charge < -0.3 is 9.15 Å². The van der Waals surface area contributed by atoms with E-state index in [0.717, 1.165) is 0 Å². The van der Waals surface area contributed by atoms with Crippen LogP contribution in [0.4, 0.5) is 0 Å². The highest BCUT2D eigenvalue weighted by molar-refractivity contribution is 7.89. The van der Waals surface area contributed by atoms with Crippen molar-refractivity contribution < 1.29 is 17.6 Å². The molecule has 0 spiro atoms. The van der Waals surface area contributed by atoms with Gasteiger partial charge in [-0.05, 0) is 55.8 Å². The van der Waals surface area contributed by atoms with Crippen molar-refractivity contribution in [2.75, 3.05) is 33.4 Å². The van der Waals surface area contributed by atoms with E-state index in [1.807, 2.05) is 13.1 Å². The summed E-state index contributed by atoms with van der Waals surface area (Å²) in [5.74, 6) is 0.293. The zero-order valence-electron chi connectivity index (χ0n) is 17.3. The molecule has 1 aromatic carbocycles. The molecule has 0 aliphatic carbocycles. The predicted molar refractivity (Wildman–Crippen MR) is 121 cm³/mol. The molecular formula is C20H24N4O4S3. The zero-order chi connectivity index (χ0) is 22.0. The Morgan fingerprint density at radius 3 is 2.74 bits per heavy atom. The Balaban J connectivity index is 1.56. The summed E-state index contributed by atoms with van der Waals surface area (Å²) in [4.78, 5) is 3.80. The molecule has 166 valence electrons. The molecule has 0 amide bonds. The summed E-state index contributed by atoms with van der Waals surface area (Å²) in [5, 5.41) is 6.55. The number of rotatable bonds is 7. The Morgan fingerprint density at radius 2 is 2.03 bits per heavy atom. The fraction of sp³-hybridized carbons (Fsp3) is 0.400. The van der Waals surface area contributed by atoms with Gasteiger partial charge in [0.2, 0.25) is 15.9 Å². The number of hydrogen-bond acceptors (Lipinski definition) is 8. The van der Waals surface area contributed by atoms with Gasteiger partial charge in [0.05, 0.1) is 24.8 Å². The maximum atomic E-state index is 13.0. The van der Waals surface area contributed by atoms with E-state index >= 15 is 0 Å². The fourth-order valence-corrected chi connectivity index (χ4v) is 5.80.